The number of fused-ring (bicyclic) bond motifs is 2. The highest BCUT2D eigenvalue weighted by molar-refractivity contribution is 4.90. The summed E-state index contributed by atoms with van der Waals surface area (Å²) in [5.74, 6) is 2.68. The fourth-order valence-electron chi connectivity index (χ4n) is 3.00. The van der Waals surface area contributed by atoms with E-state index in [0.717, 1.165) is 23.8 Å². The zero-order chi connectivity index (χ0) is 10.8. The van der Waals surface area contributed by atoms with Gasteiger partial charge in [-0.15, -0.1) is 0 Å². The van der Waals surface area contributed by atoms with Crippen molar-refractivity contribution in [2.45, 2.75) is 39.7 Å². The van der Waals surface area contributed by atoms with Crippen LogP contribution in [0.2, 0.25) is 0 Å². The Morgan fingerprint density at radius 3 is 2.87 bits per heavy atom. The lowest BCUT2D eigenvalue weighted by Crippen LogP contribution is -2.55. The largest absolute Gasteiger partial charge is 0.314 e. The quantitative estimate of drug-likeness (QED) is 0.766. The summed E-state index contributed by atoms with van der Waals surface area (Å²) in [5.41, 5.74) is 0. The maximum atomic E-state index is 3.64. The van der Waals surface area contributed by atoms with Crippen molar-refractivity contribution < 1.29 is 0 Å². The summed E-state index contributed by atoms with van der Waals surface area (Å²) in [6, 6.07) is 0.739. The molecule has 2 aliphatic heterocycles. The first-order valence-electron chi connectivity index (χ1n) is 6.61. The summed E-state index contributed by atoms with van der Waals surface area (Å²) in [6.45, 7) is 12.2. The highest BCUT2D eigenvalue weighted by Gasteiger charge is 2.33. The lowest BCUT2D eigenvalue weighted by molar-refractivity contribution is 0.0701. The molecule has 0 aliphatic carbocycles. The maximum Gasteiger partial charge on any atom is 0.00794 e. The Balaban J connectivity index is 1.83. The number of likely N-dealkylation sites (tertiary alicyclic amines) is 1. The van der Waals surface area contributed by atoms with Gasteiger partial charge in [0.1, 0.15) is 0 Å². The average molecular weight is 210 g/mol. The van der Waals surface area contributed by atoms with Crippen LogP contribution in [0.15, 0.2) is 0 Å². The number of hydrogen-bond acceptors (Lipinski definition) is 2. The predicted octanol–water partition coefficient (Wildman–Crippen LogP) is 1.96. The van der Waals surface area contributed by atoms with E-state index in [-0.39, 0.29) is 0 Å². The molecular weight excluding hydrogens is 184 g/mol. The highest BCUT2D eigenvalue weighted by atomic mass is 15.2. The minimum atomic E-state index is 0.739. The third-order valence-electron chi connectivity index (χ3n) is 4.10. The van der Waals surface area contributed by atoms with Gasteiger partial charge in [-0.1, -0.05) is 13.8 Å². The molecule has 2 nitrogen and oxygen atoms in total. The van der Waals surface area contributed by atoms with Gasteiger partial charge in [0.25, 0.3) is 0 Å². The lowest BCUT2D eigenvalue weighted by atomic mass is 9.81. The molecule has 3 unspecified atom stereocenters. The summed E-state index contributed by atoms with van der Waals surface area (Å²) in [6.07, 6.45) is 2.83. The van der Waals surface area contributed by atoms with Crippen LogP contribution in [0.5, 0.6) is 0 Å². The van der Waals surface area contributed by atoms with Crippen LogP contribution >= 0.6 is 0 Å². The summed E-state index contributed by atoms with van der Waals surface area (Å²) in [5, 5.41) is 3.64. The number of nitrogens with zero attached hydrogens (tertiary/aromatic N) is 1. The Kier molecular flexibility index (Phi) is 3.68. The first kappa shape index (κ1) is 11.4. The van der Waals surface area contributed by atoms with Gasteiger partial charge in [-0.3, -0.25) is 0 Å². The predicted molar refractivity (Wildman–Crippen MR) is 65.0 cm³/mol. The second kappa shape index (κ2) is 4.84. The van der Waals surface area contributed by atoms with Crippen LogP contribution in [0, 0.1) is 17.8 Å². The third-order valence-corrected chi connectivity index (χ3v) is 4.10. The molecule has 2 fully saturated rings. The zero-order valence-electron chi connectivity index (χ0n) is 10.5. The van der Waals surface area contributed by atoms with E-state index < -0.39 is 0 Å². The van der Waals surface area contributed by atoms with Crippen LogP contribution in [-0.2, 0) is 0 Å². The van der Waals surface area contributed by atoms with Gasteiger partial charge in [0.15, 0.2) is 0 Å². The van der Waals surface area contributed by atoms with Crippen molar-refractivity contribution in [2.24, 2.45) is 17.8 Å². The molecule has 2 heterocycles. The van der Waals surface area contributed by atoms with Crippen molar-refractivity contribution in [3.63, 3.8) is 0 Å². The first-order chi connectivity index (χ1) is 7.15. The van der Waals surface area contributed by atoms with E-state index in [1.807, 2.05) is 0 Å². The Hall–Kier alpha value is -0.0800. The molecule has 3 atom stereocenters. The van der Waals surface area contributed by atoms with Gasteiger partial charge < -0.3 is 10.2 Å². The summed E-state index contributed by atoms with van der Waals surface area (Å²) in [7, 11) is 0. The summed E-state index contributed by atoms with van der Waals surface area (Å²) < 4.78 is 0. The fraction of sp³-hybridized carbons (Fsp3) is 1.00. The number of rotatable bonds is 3. The molecule has 0 spiro atoms. The third kappa shape index (κ3) is 2.94. The van der Waals surface area contributed by atoms with E-state index in [9.17, 15) is 0 Å². The van der Waals surface area contributed by atoms with Crippen molar-refractivity contribution in [2.75, 3.05) is 26.2 Å². The Bertz CT molecular complexity index is 203. The molecule has 88 valence electrons. The minimum Gasteiger partial charge on any atom is -0.314 e. The van der Waals surface area contributed by atoms with Gasteiger partial charge in [0.2, 0.25) is 0 Å². The molecule has 2 heteroatoms. The molecule has 1 N–H and O–H groups in total. The molecule has 0 saturated carbocycles. The molecule has 0 amide bonds. The van der Waals surface area contributed by atoms with Crippen molar-refractivity contribution in [1.82, 2.24) is 10.2 Å². The highest BCUT2D eigenvalue weighted by Crippen LogP contribution is 2.28. The Morgan fingerprint density at radius 1 is 1.33 bits per heavy atom. The van der Waals surface area contributed by atoms with Crippen LogP contribution < -0.4 is 5.32 Å². The van der Waals surface area contributed by atoms with E-state index in [1.165, 1.54) is 39.0 Å². The van der Waals surface area contributed by atoms with Gasteiger partial charge in [-0.25, -0.2) is 0 Å². The smallest absolute Gasteiger partial charge is 0.00794 e. The second-order valence-corrected chi connectivity index (χ2v) is 6.00. The molecule has 15 heavy (non-hydrogen) atoms. The summed E-state index contributed by atoms with van der Waals surface area (Å²) in [4.78, 5) is 2.70. The van der Waals surface area contributed by atoms with Crippen LogP contribution in [0.1, 0.15) is 33.6 Å². The lowest BCUT2D eigenvalue weighted by Gasteiger charge is -2.45. The first-order valence-corrected chi connectivity index (χ1v) is 6.61. The maximum absolute atomic E-state index is 3.64. The molecule has 0 aromatic heterocycles. The SMILES string of the molecule is CC(C)CCN1CC2CNC(C)C(C2)C1. The van der Waals surface area contributed by atoms with Crippen molar-refractivity contribution >= 4 is 0 Å². The van der Waals surface area contributed by atoms with Gasteiger partial charge in [0, 0.05) is 19.1 Å². The molecule has 0 aromatic rings. The normalized spacial score (nSPS) is 37.2. The summed E-state index contributed by atoms with van der Waals surface area (Å²) >= 11 is 0. The minimum absolute atomic E-state index is 0.739. The topological polar surface area (TPSA) is 15.3 Å². The van der Waals surface area contributed by atoms with Gasteiger partial charge in [0.05, 0.1) is 0 Å². The molecular formula is C13H26N2. The van der Waals surface area contributed by atoms with E-state index in [0.29, 0.717) is 0 Å². The van der Waals surface area contributed by atoms with Crippen molar-refractivity contribution in [3.05, 3.63) is 0 Å². The van der Waals surface area contributed by atoms with Gasteiger partial charge in [-0.05, 0) is 50.6 Å². The monoisotopic (exact) mass is 210 g/mol. The number of hydrogen-bond donors (Lipinski definition) is 1. The van der Waals surface area contributed by atoms with Crippen LogP contribution in [0.3, 0.4) is 0 Å². The Morgan fingerprint density at radius 2 is 2.13 bits per heavy atom. The molecule has 2 bridgehead atoms. The van der Waals surface area contributed by atoms with Crippen LogP contribution in [0.25, 0.3) is 0 Å². The van der Waals surface area contributed by atoms with Crippen LogP contribution in [0.4, 0.5) is 0 Å². The number of piperidine rings is 2. The second-order valence-electron chi connectivity index (χ2n) is 6.00. The molecule has 0 aromatic carbocycles. The van der Waals surface area contributed by atoms with E-state index in [4.69, 9.17) is 0 Å². The molecule has 0 radical (unpaired) electrons. The van der Waals surface area contributed by atoms with Gasteiger partial charge in [-0.2, -0.15) is 0 Å². The van der Waals surface area contributed by atoms with E-state index in [2.05, 4.69) is 31.0 Å². The molecule has 2 aliphatic rings. The fourth-order valence-corrected chi connectivity index (χ4v) is 3.00. The van der Waals surface area contributed by atoms with Crippen molar-refractivity contribution in [3.8, 4) is 0 Å². The molecule has 2 rings (SSSR count). The van der Waals surface area contributed by atoms with Gasteiger partial charge >= 0.3 is 0 Å². The number of nitrogens with one attached hydrogen (secondary N) is 1. The molecule has 2 saturated heterocycles. The van der Waals surface area contributed by atoms with Crippen molar-refractivity contribution in [1.29, 1.82) is 0 Å². The van der Waals surface area contributed by atoms with E-state index >= 15 is 0 Å². The zero-order valence-corrected chi connectivity index (χ0v) is 10.5. The Labute approximate surface area is 94.4 Å². The van der Waals surface area contributed by atoms with E-state index in [1.54, 1.807) is 0 Å². The average Bonchev–Trinajstić information content (AvgIpc) is 2.21. The van der Waals surface area contributed by atoms with Crippen LogP contribution in [-0.4, -0.2) is 37.1 Å². The standard InChI is InChI=1S/C13H26N2/c1-10(2)4-5-15-8-12-6-13(9-15)11(3)14-7-12/h10-14H,4-9H2,1-3H3.